The number of carboxylic acids is 1. The van der Waals surface area contributed by atoms with Gasteiger partial charge in [0.2, 0.25) is 0 Å². The normalized spacial score (nSPS) is 19.6. The van der Waals surface area contributed by atoms with Gasteiger partial charge in [-0.25, -0.2) is 9.59 Å². The van der Waals surface area contributed by atoms with Crippen molar-refractivity contribution in [2.45, 2.75) is 12.8 Å². The van der Waals surface area contributed by atoms with Crippen LogP contribution in [0.5, 0.6) is 0 Å². The van der Waals surface area contributed by atoms with E-state index >= 15 is 0 Å². The molecule has 7 heteroatoms. The van der Waals surface area contributed by atoms with Crippen molar-refractivity contribution in [2.75, 3.05) is 32.0 Å². The Morgan fingerprint density at radius 3 is 3.05 bits per heavy atom. The zero-order valence-corrected chi connectivity index (χ0v) is 12.2. The molecule has 1 aliphatic heterocycles. The number of rotatable bonds is 4. The third-order valence-corrected chi connectivity index (χ3v) is 4.23. The van der Waals surface area contributed by atoms with E-state index in [9.17, 15) is 9.59 Å². The number of nitrogens with one attached hydrogen (secondary N) is 2. The quantitative estimate of drug-likeness (QED) is 0.793. The number of hydrogen-bond donors (Lipinski definition) is 3. The minimum absolute atomic E-state index is 0.127. The number of carboxylic acid groups (broad SMARTS) is 1. The Hall–Kier alpha value is -1.60. The minimum atomic E-state index is -1.03. The number of nitrogens with zero attached hydrogens (tertiary/aromatic N) is 1. The molecule has 1 aliphatic rings. The Morgan fingerprint density at radius 2 is 2.35 bits per heavy atom. The molecular formula is C13H19N3O3S. The SMILES string of the molecule is CN1CCCC(CNC(=O)Nc2sccc2C(=O)O)C1. The van der Waals surface area contributed by atoms with E-state index in [-0.39, 0.29) is 11.6 Å². The molecule has 1 saturated heterocycles. The number of thiophene rings is 1. The Bertz CT molecular complexity index is 489. The summed E-state index contributed by atoms with van der Waals surface area (Å²) >= 11 is 1.21. The van der Waals surface area contributed by atoms with Gasteiger partial charge in [0.1, 0.15) is 5.00 Å². The van der Waals surface area contributed by atoms with E-state index in [4.69, 9.17) is 5.11 Å². The third kappa shape index (κ3) is 3.94. The molecule has 0 radical (unpaired) electrons. The fourth-order valence-electron chi connectivity index (χ4n) is 2.40. The van der Waals surface area contributed by atoms with Crippen molar-refractivity contribution in [3.8, 4) is 0 Å². The minimum Gasteiger partial charge on any atom is -0.478 e. The molecule has 2 heterocycles. The topological polar surface area (TPSA) is 81.7 Å². The maximum atomic E-state index is 11.8. The smallest absolute Gasteiger partial charge is 0.338 e. The number of hydrogen-bond acceptors (Lipinski definition) is 4. The van der Waals surface area contributed by atoms with Crippen LogP contribution in [0.25, 0.3) is 0 Å². The van der Waals surface area contributed by atoms with Crippen LogP contribution in [0.15, 0.2) is 11.4 Å². The van der Waals surface area contributed by atoms with Crippen molar-refractivity contribution >= 4 is 28.3 Å². The third-order valence-electron chi connectivity index (χ3n) is 3.40. The Labute approximate surface area is 121 Å². The standard InChI is InChI=1S/C13H19N3O3S/c1-16-5-2-3-9(8-16)7-14-13(19)15-11-10(12(17)18)4-6-20-11/h4,6,9H,2-3,5,7-8H2,1H3,(H,17,18)(H2,14,15,19). The van der Waals surface area contributed by atoms with Crippen LogP contribution in [-0.2, 0) is 0 Å². The molecule has 2 rings (SSSR count). The highest BCUT2D eigenvalue weighted by atomic mass is 32.1. The van der Waals surface area contributed by atoms with E-state index in [0.29, 0.717) is 17.5 Å². The van der Waals surface area contributed by atoms with E-state index in [1.54, 1.807) is 5.38 Å². The van der Waals surface area contributed by atoms with Crippen molar-refractivity contribution in [2.24, 2.45) is 5.92 Å². The molecule has 1 unspecified atom stereocenters. The number of carbonyl (C=O) groups is 2. The first kappa shape index (κ1) is 14.8. The van der Waals surface area contributed by atoms with Gasteiger partial charge in [0, 0.05) is 13.1 Å². The summed E-state index contributed by atoms with van der Waals surface area (Å²) in [6, 6.07) is 1.14. The van der Waals surface area contributed by atoms with Gasteiger partial charge >= 0.3 is 12.0 Å². The van der Waals surface area contributed by atoms with Crippen LogP contribution in [0.2, 0.25) is 0 Å². The maximum Gasteiger partial charge on any atom is 0.338 e. The molecule has 0 saturated carbocycles. The summed E-state index contributed by atoms with van der Waals surface area (Å²) in [5.41, 5.74) is 0.127. The van der Waals surface area contributed by atoms with Crippen LogP contribution < -0.4 is 10.6 Å². The molecule has 0 spiro atoms. The molecule has 1 aromatic heterocycles. The predicted molar refractivity (Wildman–Crippen MR) is 78.5 cm³/mol. The first-order valence-electron chi connectivity index (χ1n) is 6.60. The fraction of sp³-hybridized carbons (Fsp3) is 0.538. The molecule has 6 nitrogen and oxygen atoms in total. The second-order valence-electron chi connectivity index (χ2n) is 5.07. The van der Waals surface area contributed by atoms with E-state index in [1.807, 2.05) is 0 Å². The average molecular weight is 297 g/mol. The predicted octanol–water partition coefficient (Wildman–Crippen LogP) is 1.91. The highest BCUT2D eigenvalue weighted by molar-refractivity contribution is 7.14. The summed E-state index contributed by atoms with van der Waals surface area (Å²) in [6.45, 7) is 2.71. The van der Waals surface area contributed by atoms with Crippen LogP contribution in [0.4, 0.5) is 9.80 Å². The summed E-state index contributed by atoms with van der Waals surface area (Å²) in [5, 5.41) is 16.4. The number of carbonyl (C=O) groups excluding carboxylic acids is 1. The highest BCUT2D eigenvalue weighted by Crippen LogP contribution is 2.23. The van der Waals surface area contributed by atoms with Crippen LogP contribution in [-0.4, -0.2) is 48.7 Å². The van der Waals surface area contributed by atoms with E-state index in [2.05, 4.69) is 22.6 Å². The van der Waals surface area contributed by atoms with Crippen molar-refractivity contribution in [3.63, 3.8) is 0 Å². The molecule has 1 aromatic rings. The van der Waals surface area contributed by atoms with E-state index in [1.165, 1.54) is 17.4 Å². The molecule has 1 atom stereocenters. The first-order valence-corrected chi connectivity index (χ1v) is 7.48. The maximum absolute atomic E-state index is 11.8. The molecule has 0 aliphatic carbocycles. The summed E-state index contributed by atoms with van der Waals surface area (Å²) in [5.74, 6) is -0.572. The summed E-state index contributed by atoms with van der Waals surface area (Å²) in [7, 11) is 2.08. The van der Waals surface area contributed by atoms with Crippen molar-refractivity contribution in [1.29, 1.82) is 0 Å². The summed E-state index contributed by atoms with van der Waals surface area (Å²) in [6.07, 6.45) is 2.27. The lowest BCUT2D eigenvalue weighted by Gasteiger charge is -2.29. The zero-order valence-electron chi connectivity index (χ0n) is 11.4. The molecule has 110 valence electrons. The molecule has 3 N–H and O–H groups in total. The lowest BCUT2D eigenvalue weighted by molar-refractivity contribution is 0.0698. The highest BCUT2D eigenvalue weighted by Gasteiger charge is 2.18. The number of likely N-dealkylation sites (tertiary alicyclic amines) is 1. The van der Waals surface area contributed by atoms with Gasteiger partial charge in [0.15, 0.2) is 0 Å². The summed E-state index contributed by atoms with van der Waals surface area (Å²) in [4.78, 5) is 25.0. The Kier molecular flexibility index (Phi) is 4.97. The number of piperidine rings is 1. The molecule has 0 aromatic carbocycles. The lowest BCUT2D eigenvalue weighted by Crippen LogP contribution is -2.40. The average Bonchev–Trinajstić information content (AvgIpc) is 2.85. The second-order valence-corrected chi connectivity index (χ2v) is 5.99. The van der Waals surface area contributed by atoms with Gasteiger partial charge in [0.25, 0.3) is 0 Å². The van der Waals surface area contributed by atoms with Gasteiger partial charge in [-0.2, -0.15) is 0 Å². The number of urea groups is 1. The van der Waals surface area contributed by atoms with E-state index < -0.39 is 5.97 Å². The molecule has 0 bridgehead atoms. The first-order chi connectivity index (χ1) is 9.56. The van der Waals surface area contributed by atoms with Gasteiger partial charge in [-0.1, -0.05) is 0 Å². The van der Waals surface area contributed by atoms with Crippen molar-refractivity contribution in [1.82, 2.24) is 10.2 Å². The fourth-order valence-corrected chi connectivity index (χ4v) is 3.17. The monoisotopic (exact) mass is 297 g/mol. The van der Waals surface area contributed by atoms with Crippen molar-refractivity contribution in [3.05, 3.63) is 17.0 Å². The molecular weight excluding hydrogens is 278 g/mol. The number of anilines is 1. The van der Waals surface area contributed by atoms with Gasteiger partial charge in [-0.05, 0) is 43.8 Å². The van der Waals surface area contributed by atoms with Gasteiger partial charge in [-0.3, -0.25) is 5.32 Å². The van der Waals surface area contributed by atoms with Crippen LogP contribution in [0.1, 0.15) is 23.2 Å². The van der Waals surface area contributed by atoms with Crippen LogP contribution >= 0.6 is 11.3 Å². The number of amides is 2. The molecule has 20 heavy (non-hydrogen) atoms. The zero-order chi connectivity index (χ0) is 14.5. The van der Waals surface area contributed by atoms with Gasteiger partial charge in [0.05, 0.1) is 5.56 Å². The lowest BCUT2D eigenvalue weighted by atomic mass is 9.99. The van der Waals surface area contributed by atoms with E-state index in [0.717, 1.165) is 25.9 Å². The largest absolute Gasteiger partial charge is 0.478 e. The van der Waals surface area contributed by atoms with Crippen LogP contribution in [0, 0.1) is 5.92 Å². The van der Waals surface area contributed by atoms with Gasteiger partial charge in [-0.15, -0.1) is 11.3 Å². The van der Waals surface area contributed by atoms with Gasteiger partial charge < -0.3 is 15.3 Å². The number of aromatic carboxylic acids is 1. The molecule has 2 amide bonds. The molecule has 1 fully saturated rings. The summed E-state index contributed by atoms with van der Waals surface area (Å²) < 4.78 is 0. The van der Waals surface area contributed by atoms with Crippen LogP contribution in [0.3, 0.4) is 0 Å². The Morgan fingerprint density at radius 1 is 1.55 bits per heavy atom. The Balaban J connectivity index is 1.80. The van der Waals surface area contributed by atoms with Crippen molar-refractivity contribution < 1.29 is 14.7 Å². The second kappa shape index (κ2) is 6.71.